The predicted molar refractivity (Wildman–Crippen MR) is 95.3 cm³/mol. The Morgan fingerprint density at radius 3 is 2.72 bits per heavy atom. The van der Waals surface area contributed by atoms with Gasteiger partial charge in [-0.25, -0.2) is 4.98 Å². The van der Waals surface area contributed by atoms with Gasteiger partial charge in [-0.15, -0.1) is 0 Å². The summed E-state index contributed by atoms with van der Waals surface area (Å²) in [6, 6.07) is 8.13. The van der Waals surface area contributed by atoms with Gasteiger partial charge in [0.1, 0.15) is 5.65 Å². The number of hydrogen-bond donors (Lipinski definition) is 0. The van der Waals surface area contributed by atoms with Crippen LogP contribution in [0.3, 0.4) is 0 Å². The maximum Gasteiger partial charge on any atom is 0.255 e. The average molecular weight is 335 g/mol. The minimum Gasteiger partial charge on any atom is -0.336 e. The van der Waals surface area contributed by atoms with Crippen molar-refractivity contribution < 1.29 is 4.79 Å². The van der Waals surface area contributed by atoms with E-state index < -0.39 is 0 Å². The zero-order valence-corrected chi connectivity index (χ0v) is 14.2. The normalized spacial score (nSPS) is 16.9. The number of hydrogen-bond acceptors (Lipinski definition) is 4. The molecule has 3 aromatic rings. The quantitative estimate of drug-likeness (QED) is 0.737. The van der Waals surface area contributed by atoms with Crippen LogP contribution in [-0.4, -0.2) is 56.3 Å². The van der Waals surface area contributed by atoms with E-state index in [1.807, 2.05) is 46.1 Å². The number of imidazole rings is 1. The van der Waals surface area contributed by atoms with Gasteiger partial charge in [-0.3, -0.25) is 14.7 Å². The molecule has 0 aromatic carbocycles. The minimum absolute atomic E-state index is 0.0873. The van der Waals surface area contributed by atoms with Crippen molar-refractivity contribution in [1.29, 1.82) is 0 Å². The van der Waals surface area contributed by atoms with Crippen LogP contribution in [0.25, 0.3) is 5.65 Å². The van der Waals surface area contributed by atoms with Gasteiger partial charge in [0.2, 0.25) is 0 Å². The minimum atomic E-state index is 0.0873. The summed E-state index contributed by atoms with van der Waals surface area (Å²) in [5, 5.41) is 0. The number of pyridine rings is 2. The van der Waals surface area contributed by atoms with Crippen LogP contribution in [0.1, 0.15) is 28.9 Å². The highest BCUT2D eigenvalue weighted by Gasteiger charge is 2.25. The summed E-state index contributed by atoms with van der Waals surface area (Å²) in [4.78, 5) is 25.5. The van der Waals surface area contributed by atoms with Crippen LogP contribution in [-0.2, 0) is 0 Å². The molecule has 0 aliphatic carbocycles. The van der Waals surface area contributed by atoms with E-state index in [1.54, 1.807) is 12.4 Å². The Labute approximate surface area is 146 Å². The summed E-state index contributed by atoms with van der Waals surface area (Å²) >= 11 is 0. The van der Waals surface area contributed by atoms with Gasteiger partial charge in [0.25, 0.3) is 5.91 Å². The van der Waals surface area contributed by atoms with Gasteiger partial charge < -0.3 is 9.30 Å². The first-order valence-electron chi connectivity index (χ1n) is 8.58. The zero-order valence-electron chi connectivity index (χ0n) is 14.2. The Kier molecular flexibility index (Phi) is 4.19. The first-order chi connectivity index (χ1) is 12.2. The van der Waals surface area contributed by atoms with Gasteiger partial charge >= 0.3 is 0 Å². The van der Waals surface area contributed by atoms with Gasteiger partial charge in [0, 0.05) is 63.2 Å². The van der Waals surface area contributed by atoms with Crippen molar-refractivity contribution in [2.75, 3.05) is 26.2 Å². The third-order valence-corrected chi connectivity index (χ3v) is 4.95. The van der Waals surface area contributed by atoms with E-state index in [4.69, 9.17) is 0 Å². The van der Waals surface area contributed by atoms with Crippen molar-refractivity contribution in [3.63, 3.8) is 0 Å². The molecule has 0 unspecified atom stereocenters. The molecule has 1 aliphatic heterocycles. The molecule has 0 bridgehead atoms. The summed E-state index contributed by atoms with van der Waals surface area (Å²) in [7, 11) is 0. The van der Waals surface area contributed by atoms with Gasteiger partial charge in [-0.1, -0.05) is 6.07 Å². The molecular weight excluding hydrogens is 314 g/mol. The van der Waals surface area contributed by atoms with E-state index >= 15 is 0 Å². The average Bonchev–Trinajstić information content (AvgIpc) is 3.15. The standard InChI is InChI=1S/C19H21N5O/c1-15(16-3-2-6-20-13-16)22-9-11-23(12-10-22)19(25)17-4-5-18-21-7-8-24(18)14-17/h2-8,13-15H,9-12H2,1H3/t15-/m1/s1. The summed E-state index contributed by atoms with van der Waals surface area (Å²) < 4.78 is 1.88. The monoisotopic (exact) mass is 335 g/mol. The number of fused-ring (bicyclic) bond motifs is 1. The third-order valence-electron chi connectivity index (χ3n) is 4.95. The lowest BCUT2D eigenvalue weighted by molar-refractivity contribution is 0.0581. The maximum atomic E-state index is 12.8. The number of rotatable bonds is 3. The van der Waals surface area contributed by atoms with Gasteiger partial charge in [0.15, 0.2) is 0 Å². The molecule has 6 nitrogen and oxygen atoms in total. The smallest absolute Gasteiger partial charge is 0.255 e. The lowest BCUT2D eigenvalue weighted by atomic mass is 10.1. The molecular formula is C19H21N5O. The fourth-order valence-electron chi connectivity index (χ4n) is 3.38. The van der Waals surface area contributed by atoms with Gasteiger partial charge in [-0.05, 0) is 30.7 Å². The Balaban J connectivity index is 1.42. The molecule has 0 radical (unpaired) electrons. The van der Waals surface area contributed by atoms with E-state index in [1.165, 1.54) is 5.56 Å². The number of carbonyl (C=O) groups excluding carboxylic acids is 1. The highest BCUT2D eigenvalue weighted by atomic mass is 16.2. The first kappa shape index (κ1) is 15.8. The highest BCUT2D eigenvalue weighted by molar-refractivity contribution is 5.94. The maximum absolute atomic E-state index is 12.8. The zero-order chi connectivity index (χ0) is 17.2. The number of amides is 1. The Morgan fingerprint density at radius 2 is 1.96 bits per heavy atom. The Hall–Kier alpha value is -2.73. The van der Waals surface area contributed by atoms with Gasteiger partial charge in [0.05, 0.1) is 5.56 Å². The van der Waals surface area contributed by atoms with Crippen molar-refractivity contribution in [3.8, 4) is 0 Å². The summed E-state index contributed by atoms with van der Waals surface area (Å²) in [5.41, 5.74) is 2.78. The SMILES string of the molecule is C[C@H](c1cccnc1)N1CCN(C(=O)c2ccc3nccn3c2)CC1. The molecule has 0 spiro atoms. The molecule has 3 aromatic heterocycles. The predicted octanol–water partition coefficient (Wildman–Crippen LogP) is 2.25. The first-order valence-corrected chi connectivity index (χ1v) is 8.58. The van der Waals surface area contributed by atoms with Crippen LogP contribution < -0.4 is 0 Å². The van der Waals surface area contributed by atoms with Crippen molar-refractivity contribution in [1.82, 2.24) is 24.2 Å². The third kappa shape index (κ3) is 3.13. The second-order valence-electron chi connectivity index (χ2n) is 6.40. The molecule has 0 N–H and O–H groups in total. The van der Waals surface area contributed by atoms with Crippen LogP contribution in [0.15, 0.2) is 55.2 Å². The fraction of sp³-hybridized carbons (Fsp3) is 0.316. The fourth-order valence-corrected chi connectivity index (χ4v) is 3.38. The molecule has 0 saturated carbocycles. The van der Waals surface area contributed by atoms with Crippen LogP contribution >= 0.6 is 0 Å². The van der Waals surface area contributed by atoms with Crippen molar-refractivity contribution in [3.05, 3.63) is 66.4 Å². The van der Waals surface area contributed by atoms with Crippen LogP contribution in [0, 0.1) is 0 Å². The van der Waals surface area contributed by atoms with E-state index in [2.05, 4.69) is 27.9 Å². The van der Waals surface area contributed by atoms with Crippen molar-refractivity contribution in [2.45, 2.75) is 13.0 Å². The molecule has 1 saturated heterocycles. The summed E-state index contributed by atoms with van der Waals surface area (Å²) in [6.07, 6.45) is 9.17. The molecule has 128 valence electrons. The van der Waals surface area contributed by atoms with Crippen molar-refractivity contribution in [2.24, 2.45) is 0 Å². The van der Waals surface area contributed by atoms with E-state index in [0.29, 0.717) is 11.6 Å². The highest BCUT2D eigenvalue weighted by Crippen LogP contribution is 2.21. The number of aromatic nitrogens is 3. The number of nitrogens with zero attached hydrogens (tertiary/aromatic N) is 5. The molecule has 1 fully saturated rings. The summed E-state index contributed by atoms with van der Waals surface area (Å²) in [5.74, 6) is 0.0873. The van der Waals surface area contributed by atoms with E-state index in [0.717, 1.165) is 31.8 Å². The van der Waals surface area contributed by atoms with Crippen LogP contribution in [0.2, 0.25) is 0 Å². The van der Waals surface area contributed by atoms with Crippen molar-refractivity contribution >= 4 is 11.6 Å². The lowest BCUT2D eigenvalue weighted by Gasteiger charge is -2.38. The van der Waals surface area contributed by atoms with Crippen LogP contribution in [0.4, 0.5) is 0 Å². The molecule has 1 amide bonds. The largest absolute Gasteiger partial charge is 0.336 e. The van der Waals surface area contributed by atoms with Crippen LogP contribution in [0.5, 0.6) is 0 Å². The molecule has 1 atom stereocenters. The second kappa shape index (κ2) is 6.64. The van der Waals surface area contributed by atoms with E-state index in [9.17, 15) is 4.79 Å². The van der Waals surface area contributed by atoms with E-state index in [-0.39, 0.29) is 5.91 Å². The summed E-state index contributed by atoms with van der Waals surface area (Å²) in [6.45, 7) is 5.42. The van der Waals surface area contributed by atoms with Gasteiger partial charge in [-0.2, -0.15) is 0 Å². The topological polar surface area (TPSA) is 53.7 Å². The Bertz CT molecular complexity index is 868. The number of piperazine rings is 1. The molecule has 1 aliphatic rings. The molecule has 4 heterocycles. The molecule has 25 heavy (non-hydrogen) atoms. The lowest BCUT2D eigenvalue weighted by Crippen LogP contribution is -2.49. The molecule has 6 heteroatoms. The Morgan fingerprint density at radius 1 is 1.12 bits per heavy atom. The molecule has 4 rings (SSSR count). The number of carbonyl (C=O) groups is 1. The second-order valence-corrected chi connectivity index (χ2v) is 6.40.